The maximum absolute atomic E-state index is 12.3. The van der Waals surface area contributed by atoms with Crippen molar-refractivity contribution in [2.45, 2.75) is 33.2 Å². The van der Waals surface area contributed by atoms with E-state index < -0.39 is 10.0 Å². The summed E-state index contributed by atoms with van der Waals surface area (Å²) in [7, 11) is -1.62. The molecule has 0 saturated heterocycles. The summed E-state index contributed by atoms with van der Waals surface area (Å²) >= 11 is 0. The summed E-state index contributed by atoms with van der Waals surface area (Å²) in [6, 6.07) is 1.74. The summed E-state index contributed by atoms with van der Waals surface area (Å²) in [5, 5.41) is 4.35. The average Bonchev–Trinajstić information content (AvgIpc) is 2.68. The Balaban J connectivity index is 2.75. The van der Waals surface area contributed by atoms with Crippen molar-refractivity contribution in [2.24, 2.45) is 0 Å². The van der Waals surface area contributed by atoms with E-state index in [1.165, 1.54) is 4.90 Å². The smallest absolute Gasteiger partial charge is 0.274 e. The van der Waals surface area contributed by atoms with Gasteiger partial charge < -0.3 is 4.90 Å². The van der Waals surface area contributed by atoms with E-state index in [0.29, 0.717) is 5.69 Å². The van der Waals surface area contributed by atoms with Crippen LogP contribution >= 0.6 is 0 Å². The van der Waals surface area contributed by atoms with Gasteiger partial charge in [0.15, 0.2) is 5.69 Å². The maximum atomic E-state index is 12.3. The first-order valence-corrected chi connectivity index (χ1v) is 8.58. The van der Waals surface area contributed by atoms with E-state index in [0.717, 1.165) is 11.9 Å². The third-order valence-corrected chi connectivity index (χ3v) is 3.63. The van der Waals surface area contributed by atoms with Crippen molar-refractivity contribution in [1.29, 1.82) is 0 Å². The van der Waals surface area contributed by atoms with Crippen molar-refractivity contribution in [3.63, 3.8) is 0 Å². The molecule has 0 aliphatic rings. The Morgan fingerprint density at radius 3 is 2.43 bits per heavy atom. The van der Waals surface area contributed by atoms with Gasteiger partial charge >= 0.3 is 0 Å². The van der Waals surface area contributed by atoms with Crippen molar-refractivity contribution in [3.05, 3.63) is 17.5 Å². The first-order chi connectivity index (χ1) is 9.42. The maximum Gasteiger partial charge on any atom is 0.274 e. The van der Waals surface area contributed by atoms with E-state index in [1.807, 2.05) is 32.4 Å². The Hall–Kier alpha value is -1.41. The fourth-order valence-corrected chi connectivity index (χ4v) is 2.42. The van der Waals surface area contributed by atoms with Gasteiger partial charge in [0.25, 0.3) is 5.91 Å². The first kappa shape index (κ1) is 17.6. The lowest BCUT2D eigenvalue weighted by Crippen LogP contribution is -2.36. The zero-order chi connectivity index (χ0) is 16.4. The van der Waals surface area contributed by atoms with Gasteiger partial charge in [0.1, 0.15) is 0 Å². The molecule has 1 aromatic heterocycles. The number of rotatable bonds is 5. The number of hydrogen-bond acceptors (Lipinski definition) is 4. The van der Waals surface area contributed by atoms with Crippen LogP contribution in [0.25, 0.3) is 0 Å². The van der Waals surface area contributed by atoms with Crippen LogP contribution in [0.2, 0.25) is 0 Å². The number of hydrogen-bond donors (Lipinski definition) is 1. The summed E-state index contributed by atoms with van der Waals surface area (Å²) in [5.74, 6) is -0.226. The number of nitrogens with one attached hydrogen (secondary N) is 1. The van der Waals surface area contributed by atoms with Gasteiger partial charge in [-0.2, -0.15) is 5.10 Å². The Labute approximate surface area is 126 Å². The first-order valence-electron chi connectivity index (χ1n) is 6.69. The molecule has 0 spiro atoms. The Bertz CT molecular complexity index is 614. The monoisotopic (exact) mass is 316 g/mol. The highest BCUT2D eigenvalue weighted by atomic mass is 32.2. The Morgan fingerprint density at radius 2 is 2.00 bits per heavy atom. The molecule has 0 radical (unpaired) electrons. The van der Waals surface area contributed by atoms with E-state index in [9.17, 15) is 13.2 Å². The number of sulfonamides is 1. The highest BCUT2D eigenvalue weighted by Gasteiger charge is 2.21. The van der Waals surface area contributed by atoms with E-state index in [-0.39, 0.29) is 24.5 Å². The van der Waals surface area contributed by atoms with Crippen LogP contribution in [0.5, 0.6) is 0 Å². The molecule has 0 unspecified atom stereocenters. The zero-order valence-electron chi connectivity index (χ0n) is 13.5. The van der Waals surface area contributed by atoms with Crippen LogP contribution in [-0.2, 0) is 15.6 Å². The van der Waals surface area contributed by atoms with Crippen molar-refractivity contribution >= 4 is 15.9 Å². The molecule has 0 bridgehead atoms. The summed E-state index contributed by atoms with van der Waals surface area (Å²) < 4.78 is 26.1. The van der Waals surface area contributed by atoms with E-state index in [2.05, 4.69) is 9.82 Å². The Morgan fingerprint density at radius 1 is 1.43 bits per heavy atom. The largest absolute Gasteiger partial charge is 0.339 e. The molecule has 1 rings (SSSR count). The topological polar surface area (TPSA) is 84.3 Å². The normalized spacial score (nSPS) is 12.5. The minimum Gasteiger partial charge on any atom is -0.339 e. The lowest BCUT2D eigenvalue weighted by Gasteiger charge is -2.21. The third-order valence-electron chi connectivity index (χ3n) is 2.90. The molecule has 0 atom stereocenters. The minimum atomic E-state index is -3.24. The lowest BCUT2D eigenvalue weighted by atomic mass is 10.1. The van der Waals surface area contributed by atoms with E-state index in [1.54, 1.807) is 13.1 Å². The van der Waals surface area contributed by atoms with Gasteiger partial charge in [0, 0.05) is 25.8 Å². The molecule has 0 aliphatic heterocycles. The lowest BCUT2D eigenvalue weighted by molar-refractivity contribution is 0.0790. The van der Waals surface area contributed by atoms with Crippen molar-refractivity contribution in [2.75, 3.05) is 26.4 Å². The molecule has 1 aromatic rings. The van der Waals surface area contributed by atoms with Crippen molar-refractivity contribution in [3.8, 4) is 0 Å². The van der Waals surface area contributed by atoms with Crippen LogP contribution in [0.4, 0.5) is 0 Å². The summed E-state index contributed by atoms with van der Waals surface area (Å²) in [5.41, 5.74) is 1.08. The predicted molar refractivity (Wildman–Crippen MR) is 81.8 cm³/mol. The summed E-state index contributed by atoms with van der Waals surface area (Å²) in [6.45, 7) is 8.41. The van der Waals surface area contributed by atoms with Crippen LogP contribution in [0.1, 0.15) is 37.0 Å². The van der Waals surface area contributed by atoms with Gasteiger partial charge in [-0.15, -0.1) is 0 Å². The molecule has 0 aromatic carbocycles. The number of likely N-dealkylation sites (N-methyl/N-ethyl adjacent to an activating group) is 1. The van der Waals surface area contributed by atoms with Gasteiger partial charge in [0.05, 0.1) is 11.8 Å². The second-order valence-corrected chi connectivity index (χ2v) is 7.98. The number of carbonyl (C=O) groups excluding carboxylic acids is 1. The number of nitrogens with zero attached hydrogens (tertiary/aromatic N) is 3. The predicted octanol–water partition coefficient (Wildman–Crippen LogP) is 0.568. The molecule has 1 amide bonds. The van der Waals surface area contributed by atoms with Crippen molar-refractivity contribution in [1.82, 2.24) is 19.4 Å². The molecule has 1 N–H and O–H groups in total. The molecule has 8 heteroatoms. The molecule has 0 aliphatic carbocycles. The summed E-state index contributed by atoms with van der Waals surface area (Å²) in [6.07, 6.45) is 1.09. The number of aromatic nitrogens is 2. The Kier molecular flexibility index (Phi) is 5.16. The van der Waals surface area contributed by atoms with E-state index in [4.69, 9.17) is 0 Å². The molecule has 1 heterocycles. The van der Waals surface area contributed by atoms with Crippen LogP contribution in [-0.4, -0.2) is 55.4 Å². The van der Waals surface area contributed by atoms with Crippen LogP contribution in [0, 0.1) is 6.92 Å². The quantitative estimate of drug-likeness (QED) is 0.860. The number of carbonyl (C=O) groups is 1. The molecule has 0 saturated carbocycles. The standard InChI is InChI=1S/C13H24N4O3S/c1-10-9-11(15-17(10)13(2,3)4)12(18)16(5)8-7-14-21(6,19)20/h9,14H,7-8H2,1-6H3. The second-order valence-electron chi connectivity index (χ2n) is 6.15. The molecule has 7 nitrogen and oxygen atoms in total. The molecule has 21 heavy (non-hydrogen) atoms. The van der Waals surface area contributed by atoms with Crippen LogP contribution < -0.4 is 4.72 Å². The van der Waals surface area contributed by atoms with Gasteiger partial charge in [-0.3, -0.25) is 9.48 Å². The van der Waals surface area contributed by atoms with Gasteiger partial charge in [-0.05, 0) is 33.8 Å². The second kappa shape index (κ2) is 6.15. The van der Waals surface area contributed by atoms with E-state index >= 15 is 0 Å². The minimum absolute atomic E-state index is 0.181. The van der Waals surface area contributed by atoms with Crippen molar-refractivity contribution < 1.29 is 13.2 Å². The van der Waals surface area contributed by atoms with Crippen LogP contribution in [0.3, 0.4) is 0 Å². The van der Waals surface area contributed by atoms with Crippen LogP contribution in [0.15, 0.2) is 6.07 Å². The van der Waals surface area contributed by atoms with Gasteiger partial charge in [-0.1, -0.05) is 0 Å². The third kappa shape index (κ3) is 5.13. The fourth-order valence-electron chi connectivity index (χ4n) is 1.95. The SMILES string of the molecule is Cc1cc(C(=O)N(C)CCNS(C)(=O)=O)nn1C(C)(C)C. The zero-order valence-corrected chi connectivity index (χ0v) is 14.3. The molecular formula is C13H24N4O3S. The van der Waals surface area contributed by atoms with Gasteiger partial charge in [0.2, 0.25) is 10.0 Å². The highest BCUT2D eigenvalue weighted by molar-refractivity contribution is 7.88. The summed E-state index contributed by atoms with van der Waals surface area (Å²) in [4.78, 5) is 13.7. The molecule has 0 fully saturated rings. The molecular weight excluding hydrogens is 292 g/mol. The molecule has 120 valence electrons. The fraction of sp³-hybridized carbons (Fsp3) is 0.692. The number of amides is 1. The average molecular weight is 316 g/mol. The van der Waals surface area contributed by atoms with Gasteiger partial charge in [-0.25, -0.2) is 13.1 Å². The number of aryl methyl sites for hydroxylation is 1. The highest BCUT2D eigenvalue weighted by Crippen LogP contribution is 2.17.